The summed E-state index contributed by atoms with van der Waals surface area (Å²) in [5, 5.41) is 0. The Morgan fingerprint density at radius 3 is 2.33 bits per heavy atom. The minimum atomic E-state index is -3.71. The number of para-hydroxylation sites is 1. The van der Waals surface area contributed by atoms with Crippen molar-refractivity contribution in [3.8, 4) is 16.9 Å². The van der Waals surface area contributed by atoms with Gasteiger partial charge < -0.3 is 4.74 Å². The van der Waals surface area contributed by atoms with Gasteiger partial charge in [-0.15, -0.1) is 0 Å². The van der Waals surface area contributed by atoms with Crippen LogP contribution in [0.4, 0.5) is 5.69 Å². The predicted octanol–water partition coefficient (Wildman–Crippen LogP) is 4.94. The van der Waals surface area contributed by atoms with Gasteiger partial charge in [0.25, 0.3) is 10.0 Å². The highest BCUT2D eigenvalue weighted by molar-refractivity contribution is 7.92. The summed E-state index contributed by atoms with van der Waals surface area (Å²) in [5.41, 5.74) is 4.60. The second-order valence-electron chi connectivity index (χ2n) is 6.76. The van der Waals surface area contributed by atoms with Crippen molar-refractivity contribution >= 4 is 15.7 Å². The van der Waals surface area contributed by atoms with E-state index in [2.05, 4.69) is 0 Å². The molecule has 3 aromatic carbocycles. The zero-order valence-electron chi connectivity index (χ0n) is 15.5. The van der Waals surface area contributed by atoms with Crippen LogP contribution >= 0.6 is 0 Å². The Bertz CT molecular complexity index is 1100. The smallest absolute Gasteiger partial charge is 0.264 e. The van der Waals surface area contributed by atoms with E-state index in [1.165, 1.54) is 4.31 Å². The molecule has 1 atom stereocenters. The summed E-state index contributed by atoms with van der Waals surface area (Å²) in [6.07, 6.45) is 0. The lowest BCUT2D eigenvalue weighted by Crippen LogP contribution is -2.36. The van der Waals surface area contributed by atoms with Crippen LogP contribution in [-0.2, 0) is 10.0 Å². The summed E-state index contributed by atoms with van der Waals surface area (Å²) in [7, 11) is -2.10. The first-order valence-corrected chi connectivity index (χ1v) is 10.3. The number of aryl methyl sites for hydroxylation is 1. The number of anilines is 1. The van der Waals surface area contributed by atoms with E-state index in [0.29, 0.717) is 16.3 Å². The monoisotopic (exact) mass is 379 g/mol. The molecule has 0 bridgehead atoms. The number of rotatable bonds is 3. The lowest BCUT2D eigenvalue weighted by molar-refractivity contribution is 0.414. The van der Waals surface area contributed by atoms with E-state index in [1.807, 2.05) is 68.4 Å². The van der Waals surface area contributed by atoms with Crippen molar-refractivity contribution in [2.24, 2.45) is 0 Å². The minimum absolute atomic E-state index is 0.293. The third-order valence-corrected chi connectivity index (χ3v) is 6.97. The highest BCUT2D eigenvalue weighted by Crippen LogP contribution is 2.47. The van der Waals surface area contributed by atoms with Gasteiger partial charge in [-0.1, -0.05) is 42.0 Å². The zero-order valence-corrected chi connectivity index (χ0v) is 16.3. The number of fused-ring (bicyclic) bond motifs is 3. The predicted molar refractivity (Wildman–Crippen MR) is 108 cm³/mol. The van der Waals surface area contributed by atoms with E-state index in [0.717, 1.165) is 22.3 Å². The maximum atomic E-state index is 13.5. The molecule has 1 aliphatic rings. The first-order chi connectivity index (χ1) is 12.9. The third-order valence-electron chi connectivity index (χ3n) is 5.07. The van der Waals surface area contributed by atoms with Crippen LogP contribution in [0.25, 0.3) is 11.1 Å². The van der Waals surface area contributed by atoms with Gasteiger partial charge in [-0.25, -0.2) is 8.42 Å². The van der Waals surface area contributed by atoms with Crippen LogP contribution in [-0.4, -0.2) is 15.5 Å². The minimum Gasteiger partial charge on any atom is -0.497 e. The van der Waals surface area contributed by atoms with Gasteiger partial charge in [0.05, 0.1) is 23.7 Å². The van der Waals surface area contributed by atoms with Gasteiger partial charge in [0.2, 0.25) is 0 Å². The number of benzene rings is 3. The second kappa shape index (κ2) is 6.43. The first kappa shape index (κ1) is 17.6. The van der Waals surface area contributed by atoms with E-state index in [4.69, 9.17) is 4.74 Å². The quantitative estimate of drug-likeness (QED) is 0.647. The highest BCUT2D eigenvalue weighted by Gasteiger charge is 2.36. The average molecular weight is 379 g/mol. The van der Waals surface area contributed by atoms with Gasteiger partial charge in [0, 0.05) is 5.56 Å². The molecule has 0 saturated carbocycles. The largest absolute Gasteiger partial charge is 0.497 e. The van der Waals surface area contributed by atoms with Crippen molar-refractivity contribution in [1.82, 2.24) is 0 Å². The highest BCUT2D eigenvalue weighted by atomic mass is 32.2. The molecule has 0 unspecified atom stereocenters. The van der Waals surface area contributed by atoms with Crippen LogP contribution in [0.1, 0.15) is 24.1 Å². The summed E-state index contributed by atoms with van der Waals surface area (Å²) < 4.78 is 34.0. The van der Waals surface area contributed by atoms with Crippen LogP contribution in [0.15, 0.2) is 71.6 Å². The van der Waals surface area contributed by atoms with Gasteiger partial charge >= 0.3 is 0 Å². The summed E-state index contributed by atoms with van der Waals surface area (Å²) >= 11 is 0. The Balaban J connectivity index is 1.94. The normalized spacial score (nSPS) is 15.8. The summed E-state index contributed by atoms with van der Waals surface area (Å²) in [6, 6.07) is 20.1. The molecular weight excluding hydrogens is 358 g/mol. The molecule has 5 heteroatoms. The zero-order chi connectivity index (χ0) is 19.2. The standard InChI is InChI=1S/C22H21NO3S/c1-15-8-11-18(12-9-15)27(24,25)23-16(2)21-14-17(26-3)10-13-19(21)20-6-4-5-7-22(20)23/h4-14,16H,1-3H3/t16-/m1/s1. The molecule has 3 aromatic rings. The first-order valence-electron chi connectivity index (χ1n) is 8.82. The van der Waals surface area contributed by atoms with Crippen LogP contribution in [0, 0.1) is 6.92 Å². The molecule has 138 valence electrons. The Morgan fingerprint density at radius 1 is 0.926 bits per heavy atom. The molecule has 1 aliphatic heterocycles. The van der Waals surface area contributed by atoms with Gasteiger partial charge in [-0.3, -0.25) is 4.31 Å². The number of hydrogen-bond acceptors (Lipinski definition) is 3. The van der Waals surface area contributed by atoms with Crippen molar-refractivity contribution < 1.29 is 13.2 Å². The van der Waals surface area contributed by atoms with E-state index in [1.54, 1.807) is 19.2 Å². The van der Waals surface area contributed by atoms with Crippen molar-refractivity contribution in [3.63, 3.8) is 0 Å². The molecule has 4 rings (SSSR count). The molecule has 0 radical (unpaired) electrons. The molecule has 0 spiro atoms. The van der Waals surface area contributed by atoms with Crippen molar-refractivity contribution in [3.05, 3.63) is 77.9 Å². The molecule has 27 heavy (non-hydrogen) atoms. The lowest BCUT2D eigenvalue weighted by Gasteiger charge is -2.37. The number of hydrogen-bond donors (Lipinski definition) is 0. The number of methoxy groups -OCH3 is 1. The molecule has 0 N–H and O–H groups in total. The fraction of sp³-hybridized carbons (Fsp3) is 0.182. The summed E-state index contributed by atoms with van der Waals surface area (Å²) in [6.45, 7) is 3.86. The van der Waals surface area contributed by atoms with Crippen molar-refractivity contribution in [2.45, 2.75) is 24.8 Å². The van der Waals surface area contributed by atoms with Crippen molar-refractivity contribution in [1.29, 1.82) is 0 Å². The van der Waals surface area contributed by atoms with Gasteiger partial charge in [0.1, 0.15) is 5.75 Å². The van der Waals surface area contributed by atoms with Crippen LogP contribution in [0.5, 0.6) is 5.75 Å². The summed E-state index contributed by atoms with van der Waals surface area (Å²) in [4.78, 5) is 0.293. The third kappa shape index (κ3) is 2.79. The Hall–Kier alpha value is -2.79. The SMILES string of the molecule is COc1ccc2c(c1)[C@@H](C)N(S(=O)(=O)c1ccc(C)cc1)c1ccccc1-2. The van der Waals surface area contributed by atoms with Gasteiger partial charge in [-0.05, 0) is 55.3 Å². The van der Waals surface area contributed by atoms with Gasteiger partial charge in [-0.2, -0.15) is 0 Å². The number of sulfonamides is 1. The molecule has 0 aliphatic carbocycles. The number of nitrogens with zero attached hydrogens (tertiary/aromatic N) is 1. The lowest BCUT2D eigenvalue weighted by atomic mass is 9.90. The van der Waals surface area contributed by atoms with E-state index >= 15 is 0 Å². The summed E-state index contributed by atoms with van der Waals surface area (Å²) in [5.74, 6) is 0.715. The Kier molecular flexibility index (Phi) is 4.19. The maximum absolute atomic E-state index is 13.5. The molecule has 0 saturated heterocycles. The fourth-order valence-corrected chi connectivity index (χ4v) is 5.30. The molecule has 4 nitrogen and oxygen atoms in total. The Labute approximate surface area is 160 Å². The molecule has 1 heterocycles. The van der Waals surface area contributed by atoms with Crippen LogP contribution in [0.2, 0.25) is 0 Å². The molecule has 0 fully saturated rings. The average Bonchev–Trinajstić information content (AvgIpc) is 2.68. The van der Waals surface area contributed by atoms with E-state index in [9.17, 15) is 8.42 Å². The number of ether oxygens (including phenoxy) is 1. The van der Waals surface area contributed by atoms with Crippen LogP contribution < -0.4 is 9.04 Å². The van der Waals surface area contributed by atoms with Crippen LogP contribution in [0.3, 0.4) is 0 Å². The second-order valence-corrected chi connectivity index (χ2v) is 8.58. The molecule has 0 amide bonds. The molecular formula is C22H21NO3S. The fourth-order valence-electron chi connectivity index (χ4n) is 3.65. The Morgan fingerprint density at radius 2 is 1.63 bits per heavy atom. The van der Waals surface area contributed by atoms with E-state index in [-0.39, 0.29) is 6.04 Å². The van der Waals surface area contributed by atoms with Gasteiger partial charge in [0.15, 0.2) is 0 Å². The maximum Gasteiger partial charge on any atom is 0.264 e. The molecule has 0 aromatic heterocycles. The van der Waals surface area contributed by atoms with E-state index < -0.39 is 10.0 Å². The van der Waals surface area contributed by atoms with Crippen molar-refractivity contribution in [2.75, 3.05) is 11.4 Å². The topological polar surface area (TPSA) is 46.6 Å².